The van der Waals surface area contributed by atoms with E-state index in [1.165, 1.54) is 6.92 Å². The summed E-state index contributed by atoms with van der Waals surface area (Å²) in [4.78, 5) is 10.2. The molecular weight excluding hydrogens is 191 g/mol. The molecule has 0 aliphatic heterocycles. The molecule has 0 saturated carbocycles. The van der Waals surface area contributed by atoms with E-state index in [1.54, 1.807) is 0 Å². The summed E-state index contributed by atoms with van der Waals surface area (Å²) >= 11 is 10.6. The first-order chi connectivity index (χ1) is 5.07. The summed E-state index contributed by atoms with van der Waals surface area (Å²) in [5, 5.41) is 8.62. The molecule has 11 heavy (non-hydrogen) atoms. The van der Waals surface area contributed by atoms with E-state index in [-0.39, 0.29) is 11.6 Å². The average molecular weight is 199 g/mol. The molecule has 64 valence electrons. The van der Waals surface area contributed by atoms with E-state index in [0.29, 0.717) is 0 Å². The fourth-order valence-electron chi connectivity index (χ4n) is 0.307. The summed E-state index contributed by atoms with van der Waals surface area (Å²) in [6, 6.07) is 0. The van der Waals surface area contributed by atoms with E-state index in [1.807, 2.05) is 0 Å². The normalized spacial score (nSPS) is 14.6. The Morgan fingerprint density at radius 2 is 2.36 bits per heavy atom. The van der Waals surface area contributed by atoms with E-state index in [4.69, 9.17) is 33.0 Å². The summed E-state index contributed by atoms with van der Waals surface area (Å²) in [6.45, 7) is 1.44. The number of halogens is 2. The van der Waals surface area contributed by atoms with Gasteiger partial charge in [0.15, 0.2) is 6.10 Å². The molecule has 0 fully saturated rings. The minimum atomic E-state index is -1.02. The van der Waals surface area contributed by atoms with Crippen LogP contribution in [0.2, 0.25) is 0 Å². The Labute approximate surface area is 74.6 Å². The van der Waals surface area contributed by atoms with Gasteiger partial charge in [0.1, 0.15) is 0 Å². The molecule has 1 atom stereocenters. The lowest BCUT2D eigenvalue weighted by Gasteiger charge is -2.06. The summed E-state index contributed by atoms with van der Waals surface area (Å²) < 4.78 is 4.77. The molecule has 0 aliphatic carbocycles. The Bertz CT molecular complexity index is 167. The van der Waals surface area contributed by atoms with Crippen molar-refractivity contribution in [3.63, 3.8) is 0 Å². The lowest BCUT2D eigenvalue weighted by molar-refractivity contribution is -0.148. The van der Waals surface area contributed by atoms with Crippen molar-refractivity contribution in [2.24, 2.45) is 0 Å². The maximum atomic E-state index is 10.2. The highest BCUT2D eigenvalue weighted by molar-refractivity contribution is 6.36. The second-order valence-electron chi connectivity index (χ2n) is 1.85. The van der Waals surface area contributed by atoms with Gasteiger partial charge in [0, 0.05) is 5.54 Å². The van der Waals surface area contributed by atoms with Crippen LogP contribution in [-0.4, -0.2) is 23.8 Å². The van der Waals surface area contributed by atoms with Gasteiger partial charge < -0.3 is 9.84 Å². The molecule has 0 bridgehead atoms. The van der Waals surface area contributed by atoms with Gasteiger partial charge in [0.25, 0.3) is 0 Å². The number of carbonyl (C=O) groups is 1. The molecule has 0 aromatic carbocycles. The highest BCUT2D eigenvalue weighted by Gasteiger charge is 2.10. The highest BCUT2D eigenvalue weighted by atomic mass is 35.5. The summed E-state index contributed by atoms with van der Waals surface area (Å²) in [5.41, 5.74) is 1.14. The molecule has 5 heteroatoms. The van der Waals surface area contributed by atoms with Gasteiger partial charge in [-0.25, -0.2) is 4.79 Å². The predicted octanol–water partition coefficient (Wildman–Crippen LogP) is 1.80. The minimum Gasteiger partial charge on any atom is -0.479 e. The fraction of sp³-hybridized carbons (Fsp3) is 0.500. The van der Waals surface area contributed by atoms with Gasteiger partial charge in [0.05, 0.1) is 11.6 Å². The van der Waals surface area contributed by atoms with Crippen LogP contribution < -0.4 is 0 Å². The van der Waals surface area contributed by atoms with Crippen LogP contribution in [0.1, 0.15) is 6.92 Å². The Morgan fingerprint density at radius 3 is 2.73 bits per heavy atom. The standard InChI is InChI=1S/C6H8Cl2O3/c1-4(6(9)10)11-3-5(8)2-7/h2,4H,3H2,1H3,(H,9,10). The molecule has 1 N–H and O–H groups in total. The van der Waals surface area contributed by atoms with E-state index >= 15 is 0 Å². The maximum Gasteiger partial charge on any atom is 0.332 e. The van der Waals surface area contributed by atoms with E-state index in [0.717, 1.165) is 5.54 Å². The lowest BCUT2D eigenvalue weighted by Crippen LogP contribution is -2.20. The van der Waals surface area contributed by atoms with Gasteiger partial charge in [-0.05, 0) is 6.92 Å². The van der Waals surface area contributed by atoms with Crippen LogP contribution >= 0.6 is 23.2 Å². The average Bonchev–Trinajstić information content (AvgIpc) is 1.99. The number of hydrogen-bond acceptors (Lipinski definition) is 2. The first-order valence-corrected chi connectivity index (χ1v) is 3.68. The number of aliphatic carboxylic acids is 1. The van der Waals surface area contributed by atoms with Crippen LogP contribution in [0.3, 0.4) is 0 Å². The van der Waals surface area contributed by atoms with E-state index in [2.05, 4.69) is 0 Å². The largest absolute Gasteiger partial charge is 0.479 e. The molecule has 1 unspecified atom stereocenters. The van der Waals surface area contributed by atoms with Crippen molar-refractivity contribution >= 4 is 29.2 Å². The number of ether oxygens (including phenoxy) is 1. The van der Waals surface area contributed by atoms with Crippen molar-refractivity contribution in [1.29, 1.82) is 0 Å². The third kappa shape index (κ3) is 5.07. The number of hydrogen-bond donors (Lipinski definition) is 1. The number of carboxylic acid groups (broad SMARTS) is 1. The van der Waals surface area contributed by atoms with Crippen LogP contribution in [0.5, 0.6) is 0 Å². The predicted molar refractivity (Wildman–Crippen MR) is 42.8 cm³/mol. The molecule has 0 radical (unpaired) electrons. The van der Waals surface area contributed by atoms with E-state index < -0.39 is 12.1 Å². The molecular formula is C6H8Cl2O3. The molecule has 0 saturated heterocycles. The van der Waals surface area contributed by atoms with Crippen LogP contribution in [0.15, 0.2) is 10.6 Å². The van der Waals surface area contributed by atoms with Gasteiger partial charge >= 0.3 is 5.97 Å². The molecule has 0 aliphatic rings. The van der Waals surface area contributed by atoms with E-state index in [9.17, 15) is 4.79 Å². The maximum absolute atomic E-state index is 10.2. The molecule has 0 aromatic rings. The molecule has 0 amide bonds. The van der Waals surface area contributed by atoms with Crippen LogP contribution in [0.25, 0.3) is 0 Å². The van der Waals surface area contributed by atoms with Gasteiger partial charge in [-0.15, -0.1) is 0 Å². The van der Waals surface area contributed by atoms with Gasteiger partial charge in [-0.3, -0.25) is 0 Å². The minimum absolute atomic E-state index is 0.0263. The number of rotatable bonds is 4. The van der Waals surface area contributed by atoms with Gasteiger partial charge in [-0.1, -0.05) is 23.2 Å². The molecule has 0 rings (SSSR count). The smallest absolute Gasteiger partial charge is 0.332 e. The quantitative estimate of drug-likeness (QED) is 0.750. The van der Waals surface area contributed by atoms with Crippen LogP contribution in [0, 0.1) is 0 Å². The third-order valence-corrected chi connectivity index (χ3v) is 1.53. The third-order valence-electron chi connectivity index (χ3n) is 0.937. The molecule has 0 heterocycles. The SMILES string of the molecule is CC(OCC(Cl)=CCl)C(=O)O. The Hall–Kier alpha value is -0.250. The van der Waals surface area contributed by atoms with Crippen molar-refractivity contribution in [2.75, 3.05) is 6.61 Å². The Morgan fingerprint density at radius 1 is 1.82 bits per heavy atom. The van der Waals surface area contributed by atoms with Crippen LogP contribution in [-0.2, 0) is 9.53 Å². The topological polar surface area (TPSA) is 46.5 Å². The zero-order valence-corrected chi connectivity index (χ0v) is 7.39. The van der Waals surface area contributed by atoms with Crippen molar-refractivity contribution in [3.05, 3.63) is 10.6 Å². The van der Waals surface area contributed by atoms with Crippen molar-refractivity contribution in [2.45, 2.75) is 13.0 Å². The lowest BCUT2D eigenvalue weighted by atomic mass is 10.4. The van der Waals surface area contributed by atoms with Crippen LogP contribution in [0.4, 0.5) is 0 Å². The van der Waals surface area contributed by atoms with Crippen molar-refractivity contribution in [1.82, 2.24) is 0 Å². The molecule has 3 nitrogen and oxygen atoms in total. The second kappa shape index (κ2) is 5.41. The second-order valence-corrected chi connectivity index (χ2v) is 2.55. The van der Waals surface area contributed by atoms with Gasteiger partial charge in [-0.2, -0.15) is 0 Å². The molecule has 0 spiro atoms. The Kier molecular flexibility index (Phi) is 5.28. The zero-order valence-electron chi connectivity index (χ0n) is 5.88. The Balaban J connectivity index is 3.62. The first-order valence-electron chi connectivity index (χ1n) is 2.87. The molecule has 0 aromatic heterocycles. The first kappa shape index (κ1) is 10.8. The summed E-state index contributed by atoms with van der Waals surface area (Å²) in [6.07, 6.45) is -0.861. The summed E-state index contributed by atoms with van der Waals surface area (Å²) in [7, 11) is 0. The highest BCUT2D eigenvalue weighted by Crippen LogP contribution is 2.04. The van der Waals surface area contributed by atoms with Crippen molar-refractivity contribution < 1.29 is 14.6 Å². The van der Waals surface area contributed by atoms with Crippen molar-refractivity contribution in [3.8, 4) is 0 Å². The monoisotopic (exact) mass is 198 g/mol. The van der Waals surface area contributed by atoms with Gasteiger partial charge in [0.2, 0.25) is 0 Å². The zero-order chi connectivity index (χ0) is 8.85. The fourth-order valence-corrected chi connectivity index (χ4v) is 0.433. The summed E-state index contributed by atoms with van der Waals surface area (Å²) in [5.74, 6) is -1.02. The number of carboxylic acids is 1.